The van der Waals surface area contributed by atoms with Gasteiger partial charge in [-0.25, -0.2) is 27.4 Å². The van der Waals surface area contributed by atoms with Crippen molar-refractivity contribution >= 4 is 35.3 Å². The zero-order valence-electron chi connectivity index (χ0n) is 21.4. The maximum absolute atomic E-state index is 14.3. The highest BCUT2D eigenvalue weighted by molar-refractivity contribution is 6.31. The summed E-state index contributed by atoms with van der Waals surface area (Å²) in [5.41, 5.74) is 1.50. The van der Waals surface area contributed by atoms with Crippen molar-refractivity contribution < 1.29 is 32.3 Å². The number of hydrazine groups is 1. The monoisotopic (exact) mass is 566 g/mol. The van der Waals surface area contributed by atoms with Gasteiger partial charge in [0.1, 0.15) is 29.6 Å². The number of anilines is 2. The number of hydrogen-bond acceptors (Lipinski definition) is 5. The lowest BCUT2D eigenvalue weighted by Gasteiger charge is -2.44. The summed E-state index contributed by atoms with van der Waals surface area (Å²) in [6, 6.07) is 10.1. The summed E-state index contributed by atoms with van der Waals surface area (Å²) < 4.78 is 52.2. The third-order valence-electron chi connectivity index (χ3n) is 5.85. The number of halogens is 5. The van der Waals surface area contributed by atoms with Crippen LogP contribution in [0.3, 0.4) is 0 Å². The molecule has 1 aliphatic heterocycles. The van der Waals surface area contributed by atoms with Crippen molar-refractivity contribution in [2.45, 2.75) is 26.1 Å². The summed E-state index contributed by atoms with van der Waals surface area (Å²) in [6.45, 7) is 1.76. The van der Waals surface area contributed by atoms with Gasteiger partial charge in [0.25, 0.3) is 0 Å². The molecule has 12 heteroatoms. The topological polar surface area (TPSA) is 76.1 Å². The van der Waals surface area contributed by atoms with Gasteiger partial charge in [-0.2, -0.15) is 0 Å². The van der Waals surface area contributed by atoms with Gasteiger partial charge >= 0.3 is 6.03 Å². The second-order valence-corrected chi connectivity index (χ2v) is 9.18. The normalized spacial score (nSPS) is 13.6. The number of carbonyl (C=O) groups excluding carboxylic acids is 2. The number of nitrogens with one attached hydrogen (secondary N) is 1. The molecule has 39 heavy (non-hydrogen) atoms. The van der Waals surface area contributed by atoms with E-state index in [0.29, 0.717) is 35.4 Å². The molecule has 3 aromatic rings. The molecule has 2 N–H and O–H groups in total. The molecule has 0 saturated carbocycles. The highest BCUT2D eigenvalue weighted by Crippen LogP contribution is 2.38. The van der Waals surface area contributed by atoms with Crippen molar-refractivity contribution in [3.8, 4) is 0 Å². The molecule has 1 aliphatic rings. The quantitative estimate of drug-likeness (QED) is 0.300. The van der Waals surface area contributed by atoms with E-state index in [1.54, 1.807) is 50.3 Å². The van der Waals surface area contributed by atoms with E-state index in [4.69, 9.17) is 11.6 Å². The van der Waals surface area contributed by atoms with Crippen LogP contribution in [0.4, 0.5) is 33.7 Å². The number of amides is 2. The van der Waals surface area contributed by atoms with Crippen LogP contribution in [0.5, 0.6) is 0 Å². The van der Waals surface area contributed by atoms with Crippen LogP contribution in [0.1, 0.15) is 28.4 Å². The van der Waals surface area contributed by atoms with Crippen LogP contribution in [-0.4, -0.2) is 49.2 Å². The number of carbonyl (C=O) groups is 2. The largest absolute Gasteiger partial charge is 0.391 e. The molecule has 1 atom stereocenters. The lowest BCUT2D eigenvalue weighted by atomic mass is 10.1. The van der Waals surface area contributed by atoms with Crippen LogP contribution < -0.4 is 15.2 Å². The molecule has 2 amide bonds. The Morgan fingerprint density at radius 3 is 2.23 bits per heavy atom. The highest BCUT2D eigenvalue weighted by atomic mass is 35.5. The molecular formula is C27H27ClF4N4O3. The fourth-order valence-corrected chi connectivity index (χ4v) is 4.20. The van der Waals surface area contributed by atoms with E-state index in [1.165, 1.54) is 22.0 Å². The summed E-state index contributed by atoms with van der Waals surface area (Å²) in [5.74, 6) is -3.13. The molecule has 3 aromatic carbocycles. The average molecular weight is 567 g/mol. The Labute approximate surface area is 228 Å². The summed E-state index contributed by atoms with van der Waals surface area (Å²) in [6.07, 6.45) is -0.0116. The zero-order valence-corrected chi connectivity index (χ0v) is 22.1. The maximum Gasteiger partial charge on any atom is 0.343 e. The smallest absolute Gasteiger partial charge is 0.343 e. The molecule has 208 valence electrons. The first-order chi connectivity index (χ1) is 18.5. The Bertz CT molecular complexity index is 1320. The number of aliphatic hydroxyl groups excluding tert-OH is 1. The van der Waals surface area contributed by atoms with Crippen LogP contribution in [0.15, 0.2) is 48.5 Å². The van der Waals surface area contributed by atoms with Crippen LogP contribution >= 0.6 is 11.6 Å². The molecule has 0 spiro atoms. The maximum atomic E-state index is 14.3. The molecule has 7 nitrogen and oxygen atoms in total. The Morgan fingerprint density at radius 2 is 1.67 bits per heavy atom. The van der Waals surface area contributed by atoms with Crippen LogP contribution in [0, 0.1) is 23.3 Å². The summed E-state index contributed by atoms with van der Waals surface area (Å²) >= 11 is 6.12. The first-order valence-corrected chi connectivity index (χ1v) is 12.2. The van der Waals surface area contributed by atoms with Gasteiger partial charge in [-0.15, -0.1) is 0 Å². The number of nitrogens with zero attached hydrogens (tertiary/aromatic N) is 3. The lowest BCUT2D eigenvalue weighted by Crippen LogP contribution is -2.56. The van der Waals surface area contributed by atoms with Crippen LogP contribution in [0.25, 0.3) is 0 Å². The third kappa shape index (κ3) is 6.86. The Hall–Kier alpha value is -3.67. The minimum absolute atomic E-state index is 0.0535. The first kappa shape index (κ1) is 29.9. The van der Waals surface area contributed by atoms with Crippen LogP contribution in [0.2, 0.25) is 5.02 Å². The van der Waals surface area contributed by atoms with Gasteiger partial charge in [-0.3, -0.25) is 14.7 Å². The van der Waals surface area contributed by atoms with E-state index in [0.717, 1.165) is 0 Å². The summed E-state index contributed by atoms with van der Waals surface area (Å²) in [5, 5.41) is 15.6. The molecule has 0 radical (unpaired) electrons. The third-order valence-corrected chi connectivity index (χ3v) is 6.20. The minimum atomic E-state index is -0.898. The minimum Gasteiger partial charge on any atom is -0.391 e. The number of aliphatic hydroxyl groups is 1. The molecule has 1 unspecified atom stereocenters. The standard InChI is InChI=1S/C19H19ClFN3O3.C8H8F3N/c1-12(26)9-24-17-7-6-13(11-25)8-18(17)23(19(27)22(24)2)10-14-15(20)4-3-5-16(14)21;1-12-4-6-7(10)2-5(9)3-8(6)11/h3-8,11-12,26H,9-10H2,1-2H3;2-3,12H,4H2,1H3. The SMILES string of the molecule is CC(O)CN1c2ccc(C=O)cc2N(Cc2c(F)cccc2Cl)C(=O)N1C.CNCc1c(F)cc(F)cc1F. The van der Waals surface area contributed by atoms with Gasteiger partial charge in [-0.05, 0) is 44.3 Å². The number of benzene rings is 3. The van der Waals surface area contributed by atoms with Crippen molar-refractivity contribution in [2.75, 3.05) is 30.5 Å². The van der Waals surface area contributed by atoms with Crippen molar-refractivity contribution in [2.24, 2.45) is 0 Å². The fourth-order valence-electron chi connectivity index (χ4n) is 3.97. The van der Waals surface area contributed by atoms with Gasteiger partial charge in [0.05, 0.1) is 30.6 Å². The number of fused-ring (bicyclic) bond motifs is 1. The Kier molecular flexibility index (Phi) is 9.90. The van der Waals surface area contributed by atoms with Crippen molar-refractivity contribution in [3.63, 3.8) is 0 Å². The van der Waals surface area contributed by atoms with Gasteiger partial charge in [-0.1, -0.05) is 17.7 Å². The molecule has 0 fully saturated rings. The Balaban J connectivity index is 0.000000293. The number of urea groups is 1. The number of aldehydes is 1. The van der Waals surface area contributed by atoms with E-state index in [2.05, 4.69) is 5.32 Å². The van der Waals surface area contributed by atoms with E-state index < -0.39 is 35.4 Å². The number of hydrogen-bond donors (Lipinski definition) is 2. The molecular weight excluding hydrogens is 540 g/mol. The molecule has 1 heterocycles. The zero-order chi connectivity index (χ0) is 28.9. The van der Waals surface area contributed by atoms with Crippen molar-refractivity contribution in [1.82, 2.24) is 10.3 Å². The van der Waals surface area contributed by atoms with Gasteiger partial charge in [0.15, 0.2) is 0 Å². The molecule has 0 saturated heterocycles. The van der Waals surface area contributed by atoms with Crippen LogP contribution in [-0.2, 0) is 13.1 Å². The van der Waals surface area contributed by atoms with Gasteiger partial charge in [0, 0.05) is 47.4 Å². The Morgan fingerprint density at radius 1 is 1.00 bits per heavy atom. The highest BCUT2D eigenvalue weighted by Gasteiger charge is 2.35. The second kappa shape index (κ2) is 12.9. The van der Waals surface area contributed by atoms with Crippen molar-refractivity contribution in [3.05, 3.63) is 93.5 Å². The molecule has 0 aliphatic carbocycles. The predicted octanol–water partition coefficient (Wildman–Crippen LogP) is 5.29. The van der Waals surface area contributed by atoms with E-state index >= 15 is 0 Å². The molecule has 0 bridgehead atoms. The summed E-state index contributed by atoms with van der Waals surface area (Å²) in [7, 11) is 3.12. The van der Waals surface area contributed by atoms with Gasteiger partial charge in [0.2, 0.25) is 0 Å². The number of β-amino-alcohol motifs (C(OH)–C–C–N with tert-alkyl or cyclic N) is 1. The van der Waals surface area contributed by atoms with Gasteiger partial charge < -0.3 is 10.4 Å². The second-order valence-electron chi connectivity index (χ2n) is 8.77. The van der Waals surface area contributed by atoms with E-state index in [1.807, 2.05) is 0 Å². The first-order valence-electron chi connectivity index (χ1n) is 11.8. The summed E-state index contributed by atoms with van der Waals surface area (Å²) in [4.78, 5) is 25.6. The predicted molar refractivity (Wildman–Crippen MR) is 141 cm³/mol. The van der Waals surface area contributed by atoms with Crippen molar-refractivity contribution in [1.29, 1.82) is 0 Å². The lowest BCUT2D eigenvalue weighted by molar-refractivity contribution is 0.112. The van der Waals surface area contributed by atoms with E-state index in [-0.39, 0.29) is 35.8 Å². The average Bonchev–Trinajstić information content (AvgIpc) is 2.88. The number of rotatable bonds is 7. The fraction of sp³-hybridized carbons (Fsp3) is 0.259. The molecule has 4 rings (SSSR count). The van der Waals surface area contributed by atoms with E-state index in [9.17, 15) is 32.3 Å². The molecule has 0 aromatic heterocycles.